The Morgan fingerprint density at radius 2 is 1.73 bits per heavy atom. The van der Waals surface area contributed by atoms with Crippen LogP contribution in [0.2, 0.25) is 0 Å². The third kappa shape index (κ3) is 4.23. The van der Waals surface area contributed by atoms with Gasteiger partial charge in [-0.1, -0.05) is 30.3 Å². The van der Waals surface area contributed by atoms with E-state index in [0.717, 1.165) is 17.7 Å². The summed E-state index contributed by atoms with van der Waals surface area (Å²) in [6, 6.07) is 13.9. The van der Waals surface area contributed by atoms with Gasteiger partial charge >= 0.3 is 12.1 Å². The van der Waals surface area contributed by atoms with Gasteiger partial charge in [-0.2, -0.15) is 13.2 Å². The summed E-state index contributed by atoms with van der Waals surface area (Å²) in [6.45, 7) is 1.36. The average molecular weight is 364 g/mol. The predicted molar refractivity (Wildman–Crippen MR) is 90.8 cm³/mol. The minimum atomic E-state index is -4.33. The number of hydrogen-bond acceptors (Lipinski definition) is 4. The van der Waals surface area contributed by atoms with Gasteiger partial charge in [-0.3, -0.25) is 5.32 Å². The first-order valence-electron chi connectivity index (χ1n) is 8.28. The molecule has 1 aliphatic rings. The number of ether oxygens (including phenoxy) is 1. The lowest BCUT2D eigenvalue weighted by molar-refractivity contribution is -0.144. The van der Waals surface area contributed by atoms with Crippen LogP contribution in [0.5, 0.6) is 5.75 Å². The van der Waals surface area contributed by atoms with Gasteiger partial charge in [0.2, 0.25) is 0 Å². The topological polar surface area (TPSA) is 50.4 Å². The molecule has 0 saturated carbocycles. The number of hydrogen-bond donors (Lipinski definition) is 2. The van der Waals surface area contributed by atoms with Crippen molar-refractivity contribution >= 4 is 5.97 Å². The molecule has 1 heterocycles. The smallest absolute Gasteiger partial charge is 0.416 e. The molecule has 3 rings (SSSR count). The van der Waals surface area contributed by atoms with E-state index in [9.17, 15) is 18.0 Å². The molecule has 26 heavy (non-hydrogen) atoms. The number of benzene rings is 2. The van der Waals surface area contributed by atoms with E-state index in [1.807, 2.05) is 6.07 Å². The molecule has 1 fully saturated rings. The highest BCUT2D eigenvalue weighted by molar-refractivity contribution is 5.85. The molecule has 2 N–H and O–H groups in total. The molecule has 4 nitrogen and oxygen atoms in total. The number of rotatable bonds is 6. The number of para-hydroxylation sites is 1. The summed E-state index contributed by atoms with van der Waals surface area (Å²) in [5, 5.41) is 6.24. The van der Waals surface area contributed by atoms with Gasteiger partial charge in [0.05, 0.1) is 5.56 Å². The number of carbonyl (C=O) groups excluding carboxylic acids is 1. The summed E-state index contributed by atoms with van der Waals surface area (Å²) in [4.78, 5) is 12.5. The number of nitrogens with one attached hydrogen (secondary N) is 2. The molecular weight excluding hydrogens is 345 g/mol. The van der Waals surface area contributed by atoms with Gasteiger partial charge in [0.25, 0.3) is 0 Å². The minimum absolute atomic E-state index is 0.366. The zero-order valence-electron chi connectivity index (χ0n) is 14.0. The molecule has 0 unspecified atom stereocenters. The molecule has 0 aliphatic carbocycles. The fraction of sp³-hybridized carbons (Fsp3) is 0.316. The highest BCUT2D eigenvalue weighted by Crippen LogP contribution is 2.29. The summed E-state index contributed by atoms with van der Waals surface area (Å²) < 4.78 is 43.1. The molecule has 0 spiro atoms. The van der Waals surface area contributed by atoms with E-state index in [1.54, 1.807) is 24.3 Å². The lowest BCUT2D eigenvalue weighted by Crippen LogP contribution is -2.73. The van der Waals surface area contributed by atoms with E-state index in [2.05, 4.69) is 10.6 Å². The van der Waals surface area contributed by atoms with Crippen molar-refractivity contribution in [1.82, 2.24) is 10.6 Å². The largest absolute Gasteiger partial charge is 0.425 e. The van der Waals surface area contributed by atoms with Crippen LogP contribution in [-0.4, -0.2) is 31.1 Å². The van der Waals surface area contributed by atoms with E-state index in [-0.39, 0.29) is 5.97 Å². The Morgan fingerprint density at radius 1 is 1.08 bits per heavy atom. The van der Waals surface area contributed by atoms with Crippen LogP contribution in [0.25, 0.3) is 0 Å². The zero-order chi connectivity index (χ0) is 18.6. The van der Waals surface area contributed by atoms with E-state index in [1.165, 1.54) is 12.1 Å². The highest BCUT2D eigenvalue weighted by atomic mass is 19.4. The average Bonchev–Trinajstić information content (AvgIpc) is 2.57. The van der Waals surface area contributed by atoms with E-state index < -0.39 is 17.3 Å². The Labute approximate surface area is 149 Å². The van der Waals surface area contributed by atoms with Crippen LogP contribution in [0.15, 0.2) is 54.6 Å². The molecule has 0 atom stereocenters. The van der Waals surface area contributed by atoms with Crippen LogP contribution in [0, 0.1) is 0 Å². The number of carbonyl (C=O) groups is 1. The Kier molecular flexibility index (Phi) is 5.29. The van der Waals surface area contributed by atoms with Crippen molar-refractivity contribution in [3.05, 3.63) is 65.7 Å². The predicted octanol–water partition coefficient (Wildman–Crippen LogP) is 2.79. The van der Waals surface area contributed by atoms with Crippen molar-refractivity contribution < 1.29 is 22.7 Å². The Morgan fingerprint density at radius 3 is 2.27 bits per heavy atom. The second-order valence-corrected chi connectivity index (χ2v) is 6.26. The molecule has 0 aromatic heterocycles. The van der Waals surface area contributed by atoms with Crippen LogP contribution in [0.1, 0.15) is 11.1 Å². The van der Waals surface area contributed by atoms with Crippen molar-refractivity contribution in [3.63, 3.8) is 0 Å². The molecule has 1 aliphatic heterocycles. The van der Waals surface area contributed by atoms with Crippen molar-refractivity contribution in [2.45, 2.75) is 18.1 Å². The Hall–Kier alpha value is -2.38. The van der Waals surface area contributed by atoms with E-state index in [0.29, 0.717) is 31.8 Å². The van der Waals surface area contributed by atoms with Gasteiger partial charge in [0.15, 0.2) is 0 Å². The van der Waals surface area contributed by atoms with Crippen LogP contribution in [0.3, 0.4) is 0 Å². The van der Waals surface area contributed by atoms with Gasteiger partial charge < -0.3 is 10.1 Å². The lowest BCUT2D eigenvalue weighted by Gasteiger charge is -2.40. The van der Waals surface area contributed by atoms with Crippen LogP contribution < -0.4 is 15.4 Å². The monoisotopic (exact) mass is 364 g/mol. The SMILES string of the molecule is O=C(Oc1ccccc1)C1(NCCc2ccc(C(F)(F)F)cc2)CNC1. The normalized spacial score (nSPS) is 16.0. The van der Waals surface area contributed by atoms with Crippen LogP contribution >= 0.6 is 0 Å². The summed E-state index contributed by atoms with van der Waals surface area (Å²) in [5.41, 5.74) is -0.702. The number of esters is 1. The summed E-state index contributed by atoms with van der Waals surface area (Å²) in [5.74, 6) is 0.114. The van der Waals surface area contributed by atoms with Crippen molar-refractivity contribution in [3.8, 4) is 5.75 Å². The molecule has 0 bridgehead atoms. The molecular formula is C19H19F3N2O2. The third-order valence-electron chi connectivity index (χ3n) is 4.36. The molecule has 0 amide bonds. The maximum Gasteiger partial charge on any atom is 0.416 e. The fourth-order valence-corrected chi connectivity index (χ4v) is 2.72. The summed E-state index contributed by atoms with van der Waals surface area (Å²) >= 11 is 0. The number of alkyl halides is 3. The van der Waals surface area contributed by atoms with Crippen molar-refractivity contribution in [1.29, 1.82) is 0 Å². The van der Waals surface area contributed by atoms with Gasteiger partial charge in [0.1, 0.15) is 11.3 Å². The second kappa shape index (κ2) is 7.47. The molecule has 0 radical (unpaired) electrons. The zero-order valence-corrected chi connectivity index (χ0v) is 14.0. The third-order valence-corrected chi connectivity index (χ3v) is 4.36. The van der Waals surface area contributed by atoms with Crippen molar-refractivity contribution in [2.75, 3.05) is 19.6 Å². The van der Waals surface area contributed by atoms with E-state index >= 15 is 0 Å². The van der Waals surface area contributed by atoms with Gasteiger partial charge in [-0.25, -0.2) is 4.79 Å². The fourth-order valence-electron chi connectivity index (χ4n) is 2.72. The van der Waals surface area contributed by atoms with Crippen LogP contribution in [-0.2, 0) is 17.4 Å². The Bertz CT molecular complexity index is 742. The lowest BCUT2D eigenvalue weighted by atomic mass is 9.92. The molecule has 2 aromatic carbocycles. The first-order chi connectivity index (χ1) is 12.4. The highest BCUT2D eigenvalue weighted by Gasteiger charge is 2.45. The van der Waals surface area contributed by atoms with Crippen molar-refractivity contribution in [2.24, 2.45) is 0 Å². The first-order valence-corrected chi connectivity index (χ1v) is 8.28. The molecule has 7 heteroatoms. The number of halogens is 3. The van der Waals surface area contributed by atoms with Gasteiger partial charge in [-0.15, -0.1) is 0 Å². The molecule has 1 saturated heterocycles. The Balaban J connectivity index is 1.54. The minimum Gasteiger partial charge on any atom is -0.425 e. The summed E-state index contributed by atoms with van der Waals surface area (Å²) in [7, 11) is 0. The van der Waals surface area contributed by atoms with E-state index in [4.69, 9.17) is 4.74 Å². The maximum atomic E-state index is 12.6. The standard InChI is InChI=1S/C19H19F3N2O2/c20-19(21,22)15-8-6-14(7-9-15)10-11-24-18(12-23-13-18)17(25)26-16-4-2-1-3-5-16/h1-9,23-24H,10-13H2. The quantitative estimate of drug-likeness (QED) is 0.611. The second-order valence-electron chi connectivity index (χ2n) is 6.26. The van der Waals surface area contributed by atoms with Gasteiger partial charge in [0, 0.05) is 19.6 Å². The molecule has 138 valence electrons. The molecule has 2 aromatic rings. The first kappa shape index (κ1) is 18.4. The van der Waals surface area contributed by atoms with Crippen LogP contribution in [0.4, 0.5) is 13.2 Å². The van der Waals surface area contributed by atoms with Gasteiger partial charge in [-0.05, 0) is 36.2 Å². The summed E-state index contributed by atoms with van der Waals surface area (Å²) in [6.07, 6.45) is -3.82. The maximum absolute atomic E-state index is 12.6.